The first-order chi connectivity index (χ1) is 25.4. The van der Waals surface area contributed by atoms with Gasteiger partial charge in [0, 0.05) is 59.0 Å². The van der Waals surface area contributed by atoms with Gasteiger partial charge in [0.1, 0.15) is 6.54 Å². The van der Waals surface area contributed by atoms with Gasteiger partial charge in [0.15, 0.2) is 5.71 Å². The molecule has 0 N–H and O–H groups in total. The van der Waals surface area contributed by atoms with E-state index in [2.05, 4.69) is 151 Å². The zero-order valence-electron chi connectivity index (χ0n) is 31.9. The summed E-state index contributed by atoms with van der Waals surface area (Å²) in [7, 11) is -4.24. The van der Waals surface area contributed by atoms with Crippen molar-refractivity contribution in [2.24, 2.45) is 0 Å². The Morgan fingerprint density at radius 2 is 1.43 bits per heavy atom. The van der Waals surface area contributed by atoms with E-state index in [1.54, 1.807) is 0 Å². The number of hydrogen-bond donors (Lipinski definition) is 0. The minimum Gasteiger partial charge on any atom is -0.748 e. The summed E-state index contributed by atoms with van der Waals surface area (Å²) in [4.78, 5) is 0. The molecule has 0 saturated carbocycles. The van der Waals surface area contributed by atoms with Crippen LogP contribution in [0.2, 0.25) is 0 Å². The van der Waals surface area contributed by atoms with Crippen LogP contribution < -0.4 is 34.8 Å². The van der Waals surface area contributed by atoms with Crippen molar-refractivity contribution in [1.82, 2.24) is 0 Å². The van der Waals surface area contributed by atoms with Gasteiger partial charge in [-0.25, -0.2) is 8.42 Å². The maximum Gasteiger partial charge on any atom is 1.00 e. The van der Waals surface area contributed by atoms with E-state index < -0.39 is 10.1 Å². The molecule has 0 aromatic heterocycles. The molecule has 6 rings (SSSR count). The standard InChI is InChI=1S/C44H49NO6S2.Na/c1-43(2)38(36(22-14-16-30-52-51-50-46)37-27-25-32-18-10-12-20-34(32)41(37)43)23-8-6-5-7-9-24-40-44(3,4)42-35-21-13-11-19-33(35)26-28-39(42)45(40)29-15-17-31-53(47,48)49;/h5-13,18-21,23-28,36H,14-17,22,29-31H2,1-4H3,(H-,46,47,48,49);/q;+1/p-1/b7-5+,8-6+,24-9+,38-23-;. The van der Waals surface area contributed by atoms with Crippen LogP contribution in [-0.4, -0.2) is 41.3 Å². The van der Waals surface area contributed by atoms with Crippen molar-refractivity contribution < 1.29 is 61.7 Å². The fourth-order valence-corrected chi connectivity index (χ4v) is 9.53. The van der Waals surface area contributed by atoms with Crippen molar-refractivity contribution in [3.8, 4) is 0 Å². The Balaban J connectivity index is 0.00000561. The Morgan fingerprint density at radius 3 is 2.13 bits per heavy atom. The largest absolute Gasteiger partial charge is 1.00 e. The number of unbranched alkanes of at least 4 members (excludes halogenated alkanes) is 2. The number of hydrogen-bond acceptors (Lipinski definition) is 7. The van der Waals surface area contributed by atoms with Gasteiger partial charge in [-0.15, -0.1) is 0 Å². The van der Waals surface area contributed by atoms with Crippen LogP contribution in [0, 0.1) is 0 Å². The summed E-state index contributed by atoms with van der Waals surface area (Å²) >= 11 is 1.05. The Labute approximate surface area is 346 Å². The fourth-order valence-electron chi connectivity index (χ4n) is 8.55. The van der Waals surface area contributed by atoms with E-state index in [0.29, 0.717) is 31.1 Å². The second kappa shape index (κ2) is 18.4. The summed E-state index contributed by atoms with van der Waals surface area (Å²) in [6.07, 6.45) is 18.7. The van der Waals surface area contributed by atoms with Crippen molar-refractivity contribution in [2.45, 2.75) is 76.5 Å². The number of nitrogens with zero attached hydrogens (tertiary/aromatic N) is 1. The number of benzene rings is 4. The molecular weight excluding hydrogens is 726 g/mol. The monoisotopic (exact) mass is 773 g/mol. The van der Waals surface area contributed by atoms with Gasteiger partial charge >= 0.3 is 29.6 Å². The molecule has 0 saturated heterocycles. The molecule has 1 heterocycles. The van der Waals surface area contributed by atoms with E-state index in [4.69, 9.17) is 0 Å². The molecule has 54 heavy (non-hydrogen) atoms. The van der Waals surface area contributed by atoms with Crippen LogP contribution in [0.25, 0.3) is 21.5 Å². The van der Waals surface area contributed by atoms with Crippen molar-refractivity contribution in [2.75, 3.05) is 18.1 Å². The zero-order chi connectivity index (χ0) is 37.6. The third-order valence-electron chi connectivity index (χ3n) is 10.9. The van der Waals surface area contributed by atoms with Gasteiger partial charge < -0.3 is 9.81 Å². The van der Waals surface area contributed by atoms with Gasteiger partial charge in [0.2, 0.25) is 5.69 Å². The van der Waals surface area contributed by atoms with Crippen molar-refractivity contribution >= 4 is 55.1 Å². The molecule has 4 aromatic carbocycles. The average molecular weight is 774 g/mol. The molecule has 0 fully saturated rings. The molecule has 7 nitrogen and oxygen atoms in total. The normalized spacial score (nSPS) is 18.5. The van der Waals surface area contributed by atoms with Crippen LogP contribution in [0.15, 0.2) is 121 Å². The van der Waals surface area contributed by atoms with Gasteiger partial charge in [0.25, 0.3) is 0 Å². The van der Waals surface area contributed by atoms with E-state index in [1.807, 2.05) is 6.08 Å². The molecule has 0 spiro atoms. The Bertz CT molecular complexity index is 2240. The maximum atomic E-state index is 11.3. The first-order valence-corrected chi connectivity index (χ1v) is 20.9. The minimum atomic E-state index is -4.24. The second-order valence-corrected chi connectivity index (χ2v) is 17.2. The van der Waals surface area contributed by atoms with E-state index in [9.17, 15) is 18.2 Å². The van der Waals surface area contributed by atoms with E-state index in [-0.39, 0.29) is 46.1 Å². The van der Waals surface area contributed by atoms with Gasteiger partial charge in [0.05, 0.1) is 15.5 Å². The summed E-state index contributed by atoms with van der Waals surface area (Å²) < 4.78 is 40.6. The molecule has 1 aliphatic carbocycles. The van der Waals surface area contributed by atoms with Gasteiger partial charge in [-0.2, -0.15) is 8.91 Å². The van der Waals surface area contributed by atoms with E-state index >= 15 is 0 Å². The minimum absolute atomic E-state index is 0. The Hall–Kier alpha value is -2.83. The third-order valence-corrected chi connectivity index (χ3v) is 12.3. The second-order valence-electron chi connectivity index (χ2n) is 14.9. The molecule has 278 valence electrons. The van der Waals surface area contributed by atoms with Crippen LogP contribution >= 0.6 is 12.0 Å². The number of allylic oxidation sites excluding steroid dienone is 8. The van der Waals surface area contributed by atoms with Crippen LogP contribution in [0.5, 0.6) is 0 Å². The van der Waals surface area contributed by atoms with Crippen LogP contribution in [0.3, 0.4) is 0 Å². The maximum absolute atomic E-state index is 11.3. The number of rotatable bonds is 16. The molecule has 0 radical (unpaired) electrons. The van der Waals surface area contributed by atoms with Gasteiger partial charge in [-0.3, -0.25) is 5.04 Å². The number of fused-ring (bicyclic) bond motifs is 6. The average Bonchev–Trinajstić information content (AvgIpc) is 3.49. The third kappa shape index (κ3) is 9.23. The summed E-state index contributed by atoms with van der Waals surface area (Å²) in [6, 6.07) is 25.9. The topological polar surface area (TPSA) is 102 Å². The van der Waals surface area contributed by atoms with Crippen molar-refractivity contribution in [3.63, 3.8) is 0 Å². The first-order valence-electron chi connectivity index (χ1n) is 18.4. The molecular formula is C44H48NNaO6S2. The molecule has 0 bridgehead atoms. The van der Waals surface area contributed by atoms with Crippen LogP contribution in [-0.2, 0) is 30.3 Å². The van der Waals surface area contributed by atoms with Crippen molar-refractivity contribution in [3.05, 3.63) is 138 Å². The smallest absolute Gasteiger partial charge is 0.748 e. The van der Waals surface area contributed by atoms with Gasteiger partial charge in [-0.05, 0) is 71.8 Å². The predicted octanol–water partition coefficient (Wildman–Crippen LogP) is 6.41. The Morgan fingerprint density at radius 1 is 0.778 bits per heavy atom. The first kappa shape index (κ1) is 42.3. The summed E-state index contributed by atoms with van der Waals surface area (Å²) in [5.41, 5.74) is 7.27. The van der Waals surface area contributed by atoms with E-state index in [0.717, 1.165) is 42.7 Å². The van der Waals surface area contributed by atoms with Crippen LogP contribution in [0.4, 0.5) is 5.69 Å². The molecule has 10 heteroatoms. The molecule has 0 amide bonds. The molecule has 1 aliphatic heterocycles. The van der Waals surface area contributed by atoms with Crippen molar-refractivity contribution in [1.29, 1.82) is 0 Å². The molecule has 1 unspecified atom stereocenters. The predicted molar refractivity (Wildman–Crippen MR) is 214 cm³/mol. The quantitative estimate of drug-likeness (QED) is 0.0190. The SMILES string of the molecule is CC1(C)C(/C=C/C=C/C=C/C=C2/C(CCCCSOO[O-])c3ccc4ccccc4c3C2(C)C)=[N+](CCCCS(=O)(=O)[O-])c2ccc3ccccc3c21.[Na+]. The Kier molecular flexibility index (Phi) is 14.4. The fraction of sp³-hybridized carbons (Fsp3) is 0.341. The van der Waals surface area contributed by atoms with Gasteiger partial charge in [-0.1, -0.05) is 123 Å². The zero-order valence-corrected chi connectivity index (χ0v) is 35.6. The molecule has 2 aliphatic rings. The van der Waals surface area contributed by atoms with Crippen LogP contribution in [0.1, 0.15) is 82.4 Å². The summed E-state index contributed by atoms with van der Waals surface area (Å²) in [5.74, 6) is 0.640. The summed E-state index contributed by atoms with van der Waals surface area (Å²) in [5, 5.41) is 18.6. The molecule has 4 aromatic rings. The van der Waals surface area contributed by atoms with E-state index in [1.165, 1.54) is 43.8 Å². The summed E-state index contributed by atoms with van der Waals surface area (Å²) in [6.45, 7) is 9.77. The molecule has 1 atom stereocenters.